The average molecular weight is 238 g/mol. The summed E-state index contributed by atoms with van der Waals surface area (Å²) in [5, 5.41) is 2.70. The van der Waals surface area contributed by atoms with Gasteiger partial charge in [0.05, 0.1) is 12.3 Å². The van der Waals surface area contributed by atoms with Gasteiger partial charge in [0.2, 0.25) is 5.91 Å². The van der Waals surface area contributed by atoms with Crippen LogP contribution in [0.15, 0.2) is 6.20 Å². The van der Waals surface area contributed by atoms with Crippen molar-refractivity contribution in [3.05, 3.63) is 17.5 Å². The monoisotopic (exact) mass is 238 g/mol. The molecule has 94 valence electrons. The fourth-order valence-corrected chi connectivity index (χ4v) is 1.37. The molecule has 0 aliphatic carbocycles. The highest BCUT2D eigenvalue weighted by atomic mass is 16.5. The second kappa shape index (κ2) is 5.52. The molecule has 0 aliphatic rings. The lowest BCUT2D eigenvalue weighted by molar-refractivity contribution is -0.118. The van der Waals surface area contributed by atoms with Crippen LogP contribution in [0.2, 0.25) is 0 Å². The first-order valence-electron chi connectivity index (χ1n) is 5.63. The molecule has 2 N–H and O–H groups in total. The number of hydrogen-bond donors (Lipinski definition) is 2. The van der Waals surface area contributed by atoms with Crippen molar-refractivity contribution in [1.82, 2.24) is 4.98 Å². The second-order valence-electron chi connectivity index (χ2n) is 4.07. The topological polar surface area (TPSA) is 71.2 Å². The van der Waals surface area contributed by atoms with Crippen LogP contribution < -0.4 is 5.32 Å². The lowest BCUT2D eigenvalue weighted by Gasteiger charge is -2.08. The van der Waals surface area contributed by atoms with E-state index < -0.39 is 5.97 Å². The van der Waals surface area contributed by atoms with Gasteiger partial charge in [-0.1, -0.05) is 13.8 Å². The van der Waals surface area contributed by atoms with Gasteiger partial charge in [0.15, 0.2) is 0 Å². The summed E-state index contributed by atoms with van der Waals surface area (Å²) in [5.41, 5.74) is 1.54. The fraction of sp³-hybridized carbons (Fsp3) is 0.500. The molecule has 1 aromatic heterocycles. The summed E-state index contributed by atoms with van der Waals surface area (Å²) in [6.45, 7) is 7.39. The molecular weight excluding hydrogens is 220 g/mol. The number of H-pyrrole nitrogens is 1. The Hall–Kier alpha value is -1.78. The SMILES string of the molecule is CCOC(=O)c1c(NC(=O)C(C)C)c[nH]c1C. The number of carbonyl (C=O) groups excluding carboxylic acids is 2. The molecule has 0 aliphatic heterocycles. The summed E-state index contributed by atoms with van der Waals surface area (Å²) in [6, 6.07) is 0. The predicted octanol–water partition coefficient (Wildman–Crippen LogP) is 2.09. The first kappa shape index (κ1) is 13.3. The number of hydrogen-bond acceptors (Lipinski definition) is 3. The highest BCUT2D eigenvalue weighted by Gasteiger charge is 2.19. The molecule has 5 heteroatoms. The van der Waals surface area contributed by atoms with Crippen LogP contribution in [0.25, 0.3) is 0 Å². The Labute approximate surface area is 101 Å². The minimum Gasteiger partial charge on any atom is -0.462 e. The van der Waals surface area contributed by atoms with Gasteiger partial charge in [0.25, 0.3) is 0 Å². The van der Waals surface area contributed by atoms with Crippen LogP contribution in [0.4, 0.5) is 5.69 Å². The third-order valence-electron chi connectivity index (χ3n) is 2.34. The summed E-state index contributed by atoms with van der Waals surface area (Å²) in [4.78, 5) is 26.2. The standard InChI is InChI=1S/C12H18N2O3/c1-5-17-12(16)10-8(4)13-6-9(10)14-11(15)7(2)3/h6-7,13H,5H2,1-4H3,(H,14,15). The molecule has 17 heavy (non-hydrogen) atoms. The Kier molecular flexibility index (Phi) is 4.31. The van der Waals surface area contributed by atoms with E-state index in [0.29, 0.717) is 23.6 Å². The summed E-state index contributed by atoms with van der Waals surface area (Å²) in [5.74, 6) is -0.694. The van der Waals surface area contributed by atoms with Gasteiger partial charge >= 0.3 is 5.97 Å². The predicted molar refractivity (Wildman–Crippen MR) is 65.0 cm³/mol. The van der Waals surface area contributed by atoms with E-state index in [1.807, 2.05) is 0 Å². The summed E-state index contributed by atoms with van der Waals surface area (Å²) < 4.78 is 4.94. The van der Waals surface area contributed by atoms with Crippen molar-refractivity contribution in [2.75, 3.05) is 11.9 Å². The molecule has 0 saturated heterocycles. The zero-order valence-corrected chi connectivity index (χ0v) is 10.6. The maximum Gasteiger partial charge on any atom is 0.342 e. The first-order valence-corrected chi connectivity index (χ1v) is 5.63. The van der Waals surface area contributed by atoms with Crippen molar-refractivity contribution >= 4 is 17.6 Å². The average Bonchev–Trinajstić information content (AvgIpc) is 2.60. The van der Waals surface area contributed by atoms with Gasteiger partial charge in [-0.3, -0.25) is 4.79 Å². The number of aryl methyl sites for hydroxylation is 1. The summed E-state index contributed by atoms with van der Waals surface area (Å²) in [7, 11) is 0. The van der Waals surface area contributed by atoms with Crippen molar-refractivity contribution in [2.24, 2.45) is 5.92 Å². The van der Waals surface area contributed by atoms with Crippen molar-refractivity contribution in [1.29, 1.82) is 0 Å². The molecule has 1 heterocycles. The van der Waals surface area contributed by atoms with Crippen LogP contribution in [0.3, 0.4) is 0 Å². The van der Waals surface area contributed by atoms with Gasteiger partial charge in [-0.15, -0.1) is 0 Å². The van der Waals surface area contributed by atoms with Crippen molar-refractivity contribution in [3.63, 3.8) is 0 Å². The van der Waals surface area contributed by atoms with Gasteiger partial charge in [0.1, 0.15) is 5.56 Å². The van der Waals surface area contributed by atoms with Crippen LogP contribution in [0, 0.1) is 12.8 Å². The van der Waals surface area contributed by atoms with Gasteiger partial charge in [-0.2, -0.15) is 0 Å². The molecule has 1 amide bonds. The highest BCUT2D eigenvalue weighted by molar-refractivity contribution is 6.02. The van der Waals surface area contributed by atoms with E-state index in [0.717, 1.165) is 0 Å². The molecule has 1 aromatic rings. The molecule has 1 rings (SSSR count). The van der Waals surface area contributed by atoms with Crippen LogP contribution in [-0.2, 0) is 9.53 Å². The third kappa shape index (κ3) is 3.09. The van der Waals surface area contributed by atoms with Crippen LogP contribution >= 0.6 is 0 Å². The fourth-order valence-electron chi connectivity index (χ4n) is 1.37. The van der Waals surface area contributed by atoms with Crippen LogP contribution in [0.1, 0.15) is 36.8 Å². The molecule has 0 saturated carbocycles. The number of carbonyl (C=O) groups is 2. The first-order chi connectivity index (χ1) is 7.97. The number of aromatic amines is 1. The normalized spacial score (nSPS) is 10.4. The number of amides is 1. The minimum atomic E-state index is -0.426. The number of aromatic nitrogens is 1. The molecular formula is C12H18N2O3. The number of ether oxygens (including phenoxy) is 1. The van der Waals surface area contributed by atoms with Gasteiger partial charge in [-0.25, -0.2) is 4.79 Å². The van der Waals surface area contributed by atoms with E-state index >= 15 is 0 Å². The molecule has 0 spiro atoms. The smallest absolute Gasteiger partial charge is 0.342 e. The molecule has 0 fully saturated rings. The van der Waals surface area contributed by atoms with E-state index in [2.05, 4.69) is 10.3 Å². The number of esters is 1. The van der Waals surface area contributed by atoms with E-state index in [9.17, 15) is 9.59 Å². The molecule has 0 radical (unpaired) electrons. The van der Waals surface area contributed by atoms with Crippen molar-refractivity contribution in [3.8, 4) is 0 Å². The molecule has 0 unspecified atom stereocenters. The third-order valence-corrected chi connectivity index (χ3v) is 2.34. The van der Waals surface area contributed by atoms with Gasteiger partial charge < -0.3 is 15.0 Å². The van der Waals surface area contributed by atoms with Crippen molar-refractivity contribution < 1.29 is 14.3 Å². The number of nitrogens with one attached hydrogen (secondary N) is 2. The van der Waals surface area contributed by atoms with E-state index in [4.69, 9.17) is 4.74 Å². The lowest BCUT2D eigenvalue weighted by Crippen LogP contribution is -2.19. The molecule has 0 aromatic carbocycles. The summed E-state index contributed by atoms with van der Waals surface area (Å²) >= 11 is 0. The second-order valence-corrected chi connectivity index (χ2v) is 4.07. The van der Waals surface area contributed by atoms with E-state index in [-0.39, 0.29) is 11.8 Å². The van der Waals surface area contributed by atoms with Crippen molar-refractivity contribution in [2.45, 2.75) is 27.7 Å². The Balaban J connectivity index is 2.94. The molecule has 0 atom stereocenters. The van der Waals surface area contributed by atoms with Gasteiger partial charge in [0, 0.05) is 17.8 Å². The van der Waals surface area contributed by atoms with Crippen LogP contribution in [-0.4, -0.2) is 23.5 Å². The van der Waals surface area contributed by atoms with E-state index in [1.165, 1.54) is 0 Å². The lowest BCUT2D eigenvalue weighted by atomic mass is 10.2. The Bertz CT molecular complexity index is 421. The quantitative estimate of drug-likeness (QED) is 0.789. The Morgan fingerprint density at radius 2 is 2.12 bits per heavy atom. The van der Waals surface area contributed by atoms with Crippen LogP contribution in [0.5, 0.6) is 0 Å². The molecule has 5 nitrogen and oxygen atoms in total. The largest absolute Gasteiger partial charge is 0.462 e. The maximum absolute atomic E-state index is 11.7. The molecule has 0 bridgehead atoms. The zero-order chi connectivity index (χ0) is 13.0. The maximum atomic E-state index is 11.7. The van der Waals surface area contributed by atoms with E-state index in [1.54, 1.807) is 33.9 Å². The zero-order valence-electron chi connectivity index (χ0n) is 10.6. The summed E-state index contributed by atoms with van der Waals surface area (Å²) in [6.07, 6.45) is 1.60. The number of anilines is 1. The highest BCUT2D eigenvalue weighted by Crippen LogP contribution is 2.20. The Morgan fingerprint density at radius 3 is 2.65 bits per heavy atom. The Morgan fingerprint density at radius 1 is 1.47 bits per heavy atom. The number of rotatable bonds is 4. The minimum absolute atomic E-state index is 0.130. The van der Waals surface area contributed by atoms with Gasteiger partial charge in [-0.05, 0) is 13.8 Å².